The lowest BCUT2D eigenvalue weighted by Crippen LogP contribution is -2.46. The van der Waals surface area contributed by atoms with Crippen molar-refractivity contribution < 1.29 is 22.4 Å². The van der Waals surface area contributed by atoms with Gasteiger partial charge in [0.1, 0.15) is 22.9 Å². The van der Waals surface area contributed by atoms with Crippen LogP contribution >= 0.6 is 0 Å². The highest BCUT2D eigenvalue weighted by atomic mass is 19.4. The van der Waals surface area contributed by atoms with Crippen LogP contribution in [0.2, 0.25) is 0 Å². The highest BCUT2D eigenvalue weighted by Crippen LogP contribution is 2.31. The zero-order chi connectivity index (χ0) is 23.6. The van der Waals surface area contributed by atoms with Crippen molar-refractivity contribution in [3.05, 3.63) is 65.9 Å². The number of nitrogens with one attached hydrogen (secondary N) is 1. The van der Waals surface area contributed by atoms with Gasteiger partial charge in [-0.25, -0.2) is 9.37 Å². The Bertz CT molecular complexity index is 1100. The van der Waals surface area contributed by atoms with Crippen LogP contribution in [-0.4, -0.2) is 49.4 Å². The lowest BCUT2D eigenvalue weighted by Gasteiger charge is -2.32. The predicted molar refractivity (Wildman–Crippen MR) is 112 cm³/mol. The Morgan fingerprint density at radius 1 is 1.21 bits per heavy atom. The fourth-order valence-electron chi connectivity index (χ4n) is 4.15. The molecule has 1 aliphatic rings. The summed E-state index contributed by atoms with van der Waals surface area (Å²) < 4.78 is 53.3. The molecule has 2 aromatic heterocycles. The Morgan fingerprint density at radius 2 is 1.97 bits per heavy atom. The quantitative estimate of drug-likeness (QED) is 0.553. The van der Waals surface area contributed by atoms with E-state index in [1.807, 2.05) is 6.92 Å². The number of pyridine rings is 1. The summed E-state index contributed by atoms with van der Waals surface area (Å²) in [5.74, 6) is -0.879. The van der Waals surface area contributed by atoms with Gasteiger partial charge in [-0.05, 0) is 43.5 Å². The van der Waals surface area contributed by atoms with E-state index in [1.54, 1.807) is 11.0 Å². The maximum Gasteiger partial charge on any atom is 0.417 e. The number of aromatic nitrogens is 4. The van der Waals surface area contributed by atoms with Gasteiger partial charge in [0.25, 0.3) is 5.91 Å². The van der Waals surface area contributed by atoms with Crippen molar-refractivity contribution in [1.82, 2.24) is 24.9 Å². The molecule has 7 nitrogen and oxygen atoms in total. The number of halogens is 4. The molecule has 3 aromatic rings. The van der Waals surface area contributed by atoms with E-state index in [9.17, 15) is 22.4 Å². The van der Waals surface area contributed by atoms with Gasteiger partial charge in [0.05, 0.1) is 24.0 Å². The average molecular weight is 462 g/mol. The number of nitrogens with zero attached hydrogens (tertiary/aromatic N) is 5. The normalized spacial score (nSPS) is 17.2. The molecule has 1 amide bonds. The summed E-state index contributed by atoms with van der Waals surface area (Å²) in [4.78, 5) is 20.2. The topological polar surface area (TPSA) is 75.9 Å². The summed E-state index contributed by atoms with van der Waals surface area (Å²) in [6.45, 7) is 2.34. The molecule has 174 valence electrons. The van der Waals surface area contributed by atoms with Gasteiger partial charge >= 0.3 is 6.18 Å². The lowest BCUT2D eigenvalue weighted by molar-refractivity contribution is -0.137. The molecule has 4 rings (SSSR count). The van der Waals surface area contributed by atoms with Crippen LogP contribution in [0, 0.1) is 5.82 Å². The Balaban J connectivity index is 1.58. The molecular formula is C22H22F4N6O. The maximum absolute atomic E-state index is 14.8. The standard InChI is InChI=1S/C22H22F4N6O/c1-2-16(30-19-9-8-14(13-27-19)22(24,25)26)17-7-4-12-31(17)21(33)20-15(23)5-3-6-18(20)32-28-10-11-29-32/h3,5-6,8-11,13,16-17H,2,4,7,12H2,1H3,(H,27,30). The van der Waals surface area contributed by atoms with Crippen LogP contribution in [0.25, 0.3) is 5.69 Å². The summed E-state index contributed by atoms with van der Waals surface area (Å²) in [6, 6.07) is 5.94. The van der Waals surface area contributed by atoms with Crippen LogP contribution in [0.1, 0.15) is 42.1 Å². The third kappa shape index (κ3) is 4.67. The van der Waals surface area contributed by atoms with Crippen molar-refractivity contribution in [3.8, 4) is 5.69 Å². The molecule has 2 atom stereocenters. The molecule has 33 heavy (non-hydrogen) atoms. The highest BCUT2D eigenvalue weighted by molar-refractivity contribution is 5.98. The minimum Gasteiger partial charge on any atom is -0.365 e. The highest BCUT2D eigenvalue weighted by Gasteiger charge is 2.37. The van der Waals surface area contributed by atoms with Gasteiger partial charge in [-0.2, -0.15) is 28.2 Å². The Kier molecular flexibility index (Phi) is 6.30. The van der Waals surface area contributed by atoms with E-state index in [1.165, 1.54) is 35.4 Å². The molecule has 1 aliphatic heterocycles. The third-order valence-electron chi connectivity index (χ3n) is 5.73. The molecule has 1 fully saturated rings. The van der Waals surface area contributed by atoms with E-state index in [0.717, 1.165) is 18.7 Å². The Hall–Kier alpha value is -3.50. The number of alkyl halides is 3. The van der Waals surface area contributed by atoms with Gasteiger partial charge < -0.3 is 10.2 Å². The number of hydrogen-bond acceptors (Lipinski definition) is 5. The van der Waals surface area contributed by atoms with E-state index in [4.69, 9.17) is 0 Å². The molecule has 0 aliphatic carbocycles. The van der Waals surface area contributed by atoms with Crippen LogP contribution in [0.15, 0.2) is 48.9 Å². The van der Waals surface area contributed by atoms with Gasteiger partial charge in [-0.3, -0.25) is 4.79 Å². The fraction of sp³-hybridized carbons (Fsp3) is 0.364. The molecule has 0 saturated carbocycles. The first kappa shape index (κ1) is 22.7. The van der Waals surface area contributed by atoms with Crippen LogP contribution in [0.3, 0.4) is 0 Å². The monoisotopic (exact) mass is 462 g/mol. The third-order valence-corrected chi connectivity index (χ3v) is 5.73. The minimum atomic E-state index is -4.47. The van der Waals surface area contributed by atoms with Crippen LogP contribution in [0.5, 0.6) is 0 Å². The molecule has 0 spiro atoms. The molecule has 0 radical (unpaired) electrons. The second-order valence-corrected chi connectivity index (χ2v) is 7.75. The Morgan fingerprint density at radius 3 is 2.61 bits per heavy atom. The fourth-order valence-corrected chi connectivity index (χ4v) is 4.15. The summed E-state index contributed by atoms with van der Waals surface area (Å²) in [6.07, 6.45) is 1.15. The van der Waals surface area contributed by atoms with E-state index in [-0.39, 0.29) is 29.2 Å². The number of carbonyl (C=O) groups is 1. The predicted octanol–water partition coefficient (Wildman–Crippen LogP) is 4.32. The van der Waals surface area contributed by atoms with Crippen LogP contribution < -0.4 is 5.32 Å². The van der Waals surface area contributed by atoms with Crippen molar-refractivity contribution in [2.45, 2.75) is 44.4 Å². The van der Waals surface area contributed by atoms with E-state index in [0.29, 0.717) is 19.4 Å². The summed E-state index contributed by atoms with van der Waals surface area (Å²) in [5, 5.41) is 11.2. The first-order valence-electron chi connectivity index (χ1n) is 10.6. The van der Waals surface area contributed by atoms with Crippen molar-refractivity contribution in [2.24, 2.45) is 0 Å². The van der Waals surface area contributed by atoms with Gasteiger partial charge in [0.2, 0.25) is 0 Å². The first-order chi connectivity index (χ1) is 15.8. The average Bonchev–Trinajstić information content (AvgIpc) is 3.49. The second-order valence-electron chi connectivity index (χ2n) is 7.75. The van der Waals surface area contributed by atoms with Crippen molar-refractivity contribution in [2.75, 3.05) is 11.9 Å². The van der Waals surface area contributed by atoms with Gasteiger partial charge in [-0.1, -0.05) is 13.0 Å². The zero-order valence-electron chi connectivity index (χ0n) is 17.8. The van der Waals surface area contributed by atoms with Crippen LogP contribution in [0.4, 0.5) is 23.4 Å². The molecule has 1 N–H and O–H groups in total. The molecule has 1 aromatic carbocycles. The smallest absolute Gasteiger partial charge is 0.365 e. The molecule has 11 heteroatoms. The van der Waals surface area contributed by atoms with Gasteiger partial charge in [0, 0.05) is 18.8 Å². The number of rotatable bonds is 6. The van der Waals surface area contributed by atoms with Gasteiger partial charge in [0.15, 0.2) is 0 Å². The summed E-state index contributed by atoms with van der Waals surface area (Å²) in [7, 11) is 0. The number of anilines is 1. The number of likely N-dealkylation sites (tertiary alicyclic amines) is 1. The molecule has 0 bridgehead atoms. The Labute approximate surface area is 187 Å². The molecule has 2 unspecified atom stereocenters. The van der Waals surface area contributed by atoms with Crippen molar-refractivity contribution in [3.63, 3.8) is 0 Å². The number of carbonyl (C=O) groups excluding carboxylic acids is 1. The summed E-state index contributed by atoms with van der Waals surface area (Å²) in [5.41, 5.74) is -0.720. The maximum atomic E-state index is 14.8. The molecule has 3 heterocycles. The first-order valence-corrected chi connectivity index (χ1v) is 10.6. The van der Waals surface area contributed by atoms with E-state index >= 15 is 0 Å². The number of amides is 1. The zero-order valence-corrected chi connectivity index (χ0v) is 17.8. The minimum absolute atomic E-state index is 0.122. The number of benzene rings is 1. The van der Waals surface area contributed by atoms with E-state index < -0.39 is 23.5 Å². The van der Waals surface area contributed by atoms with E-state index in [2.05, 4.69) is 20.5 Å². The largest absolute Gasteiger partial charge is 0.417 e. The lowest BCUT2D eigenvalue weighted by atomic mass is 10.0. The SMILES string of the molecule is CCC(Nc1ccc(C(F)(F)F)cn1)C1CCCN1C(=O)c1c(F)cccc1-n1nccn1. The molecular weight excluding hydrogens is 440 g/mol. The summed E-state index contributed by atoms with van der Waals surface area (Å²) >= 11 is 0. The van der Waals surface area contributed by atoms with Crippen LogP contribution in [-0.2, 0) is 6.18 Å². The molecule has 1 saturated heterocycles. The number of hydrogen-bond donors (Lipinski definition) is 1. The van der Waals surface area contributed by atoms with Gasteiger partial charge in [-0.15, -0.1) is 0 Å². The second kappa shape index (κ2) is 9.16. The van der Waals surface area contributed by atoms with Crippen molar-refractivity contribution >= 4 is 11.7 Å². The van der Waals surface area contributed by atoms with Crippen molar-refractivity contribution in [1.29, 1.82) is 0 Å².